The lowest BCUT2D eigenvalue weighted by Crippen LogP contribution is -2.04. The molecule has 0 spiro atoms. The summed E-state index contributed by atoms with van der Waals surface area (Å²) in [6.45, 7) is 20.3. The molecule has 1 aromatic heterocycles. The van der Waals surface area contributed by atoms with E-state index in [9.17, 15) is 5.11 Å². The van der Waals surface area contributed by atoms with E-state index in [1.54, 1.807) is 6.07 Å². The minimum atomic E-state index is -0.171. The number of aromatic nitrogens is 1. The number of benzene rings is 6. The van der Waals surface area contributed by atoms with Gasteiger partial charge in [0.1, 0.15) is 49.4 Å². The van der Waals surface area contributed by atoms with E-state index >= 15 is 0 Å². The number of ether oxygens (including phenoxy) is 3. The van der Waals surface area contributed by atoms with E-state index in [0.717, 1.165) is 50.4 Å². The number of halogens is 1. The Morgan fingerprint density at radius 1 is 0.588 bits per heavy atom. The van der Waals surface area contributed by atoms with Crippen molar-refractivity contribution in [2.24, 2.45) is 10.3 Å². The molecule has 0 saturated carbocycles. The van der Waals surface area contributed by atoms with Gasteiger partial charge in [-0.05, 0) is 125 Å². The maximum Gasteiger partial charge on any atom is 0.179 e. The molecule has 0 atom stereocenters. The maximum atomic E-state index is 9.24. The number of hydrogen-bond acceptors (Lipinski definition) is 10. The van der Waals surface area contributed by atoms with Gasteiger partial charge in [0.2, 0.25) is 0 Å². The van der Waals surface area contributed by atoms with Crippen molar-refractivity contribution >= 4 is 23.0 Å². The molecule has 0 saturated heterocycles. The molecule has 1 heterocycles. The van der Waals surface area contributed by atoms with E-state index in [-0.39, 0.29) is 11.8 Å². The second-order valence-electron chi connectivity index (χ2n) is 17.4. The van der Waals surface area contributed by atoms with Crippen molar-refractivity contribution in [1.82, 2.24) is 5.16 Å². The molecule has 0 radical (unpaired) electrons. The molecular weight excluding hydrogens is 874 g/mol. The number of aryl methyl sites for hydroxylation is 3. The SMILES string of the molecule is Cc1cc(OCc2ccccc2)c(-c2cc(CO)on2)cc1C(C)C.Cc1cc(OCc2ccccc2)c(/C(Cl)=N/O)cc1C(C)C.Cc1cc(OCc2ccccc2)c(/C=N/O)cc1C(C)C. The van der Waals surface area contributed by atoms with Crippen LogP contribution < -0.4 is 14.2 Å². The highest BCUT2D eigenvalue weighted by Gasteiger charge is 2.18. The zero-order valence-corrected chi connectivity index (χ0v) is 41.3. The number of nitrogens with zero attached hydrogens (tertiary/aromatic N) is 3. The summed E-state index contributed by atoms with van der Waals surface area (Å²) in [5.74, 6) is 3.72. The van der Waals surface area contributed by atoms with Crippen LogP contribution in [0.25, 0.3) is 11.3 Å². The summed E-state index contributed by atoms with van der Waals surface area (Å²) in [5.41, 5.74) is 13.4. The molecule has 0 aliphatic carbocycles. The Morgan fingerprint density at radius 2 is 1.01 bits per heavy atom. The Bertz CT molecular complexity index is 2720. The van der Waals surface area contributed by atoms with Crippen molar-refractivity contribution in [3.8, 4) is 28.5 Å². The van der Waals surface area contributed by atoms with Gasteiger partial charge < -0.3 is 34.3 Å². The normalized spacial score (nSPS) is 11.4. The molecule has 10 nitrogen and oxygen atoms in total. The molecule has 356 valence electrons. The second kappa shape index (κ2) is 25.9. The third-order valence-electron chi connectivity index (χ3n) is 11.2. The third kappa shape index (κ3) is 14.8. The average molecular weight is 939 g/mol. The Balaban J connectivity index is 0.000000192. The molecule has 7 aromatic rings. The predicted octanol–water partition coefficient (Wildman–Crippen LogP) is 14.4. The predicted molar refractivity (Wildman–Crippen MR) is 273 cm³/mol. The van der Waals surface area contributed by atoms with Crippen molar-refractivity contribution in [2.75, 3.05) is 0 Å². The van der Waals surface area contributed by atoms with Crippen molar-refractivity contribution in [3.05, 3.63) is 200 Å². The average Bonchev–Trinajstić information content (AvgIpc) is 3.83. The molecule has 6 aromatic carbocycles. The number of hydrogen-bond donors (Lipinski definition) is 3. The molecule has 0 aliphatic rings. The van der Waals surface area contributed by atoms with Gasteiger partial charge in [-0.1, -0.05) is 160 Å². The number of aliphatic hydroxyl groups is 1. The standard InChI is InChI=1S/C21H23NO3.C18H20ClNO2.C18H21NO2/c1-14(2)18-11-19(20-10-17(12-23)25-22-20)21(9-15(18)3)24-13-16-7-5-4-6-8-16;1-12(2)15-10-16(18(19)20-21)17(9-13(15)3)22-11-14-7-5-4-6-8-14;1-13(2)17-10-16(11-19-20)18(9-14(17)3)21-12-15-7-5-4-6-8-15/h4-11,14,23H,12-13H2,1-3H3;4-10,12,21H,11H2,1-3H3;4-11,13,20H,12H2,1-3H3/b;20-18-;19-11+. The van der Waals surface area contributed by atoms with Crippen LogP contribution in [0.5, 0.6) is 17.2 Å². The monoisotopic (exact) mass is 937 g/mol. The topological polar surface area (TPSA) is 139 Å². The van der Waals surface area contributed by atoms with Crippen LogP contribution in [0.15, 0.2) is 148 Å². The van der Waals surface area contributed by atoms with Gasteiger partial charge >= 0.3 is 0 Å². The summed E-state index contributed by atoms with van der Waals surface area (Å²) in [4.78, 5) is 0. The first-order valence-electron chi connectivity index (χ1n) is 22.8. The molecule has 0 bridgehead atoms. The first kappa shape index (κ1) is 52.1. The fourth-order valence-corrected chi connectivity index (χ4v) is 7.79. The Labute approximate surface area is 406 Å². The Hall–Kier alpha value is -6.88. The summed E-state index contributed by atoms with van der Waals surface area (Å²) in [6, 6.07) is 43.8. The molecule has 11 heteroatoms. The van der Waals surface area contributed by atoms with Crippen LogP contribution in [-0.2, 0) is 26.4 Å². The molecule has 68 heavy (non-hydrogen) atoms. The van der Waals surface area contributed by atoms with Crippen LogP contribution in [0.2, 0.25) is 0 Å². The highest BCUT2D eigenvalue weighted by molar-refractivity contribution is 6.69. The number of oxime groups is 2. The summed E-state index contributed by atoms with van der Waals surface area (Å²) >= 11 is 6.03. The molecule has 7 rings (SSSR count). The molecular formula is C57H64ClN3O7. The van der Waals surface area contributed by atoms with Gasteiger partial charge in [-0.15, -0.1) is 0 Å². The summed E-state index contributed by atoms with van der Waals surface area (Å²) in [7, 11) is 0. The van der Waals surface area contributed by atoms with Gasteiger partial charge in [0, 0.05) is 17.2 Å². The fraction of sp³-hybridized carbons (Fsp3) is 0.281. The van der Waals surface area contributed by atoms with Gasteiger partial charge in [-0.3, -0.25) is 0 Å². The van der Waals surface area contributed by atoms with Crippen LogP contribution >= 0.6 is 11.6 Å². The van der Waals surface area contributed by atoms with Crippen LogP contribution in [0, 0.1) is 20.8 Å². The van der Waals surface area contributed by atoms with E-state index in [1.807, 2.05) is 122 Å². The summed E-state index contributed by atoms with van der Waals surface area (Å²) in [6.07, 6.45) is 1.42. The maximum absolute atomic E-state index is 9.24. The largest absolute Gasteiger partial charge is 0.488 e. The molecule has 0 amide bonds. The molecule has 0 aliphatic heterocycles. The van der Waals surface area contributed by atoms with Gasteiger partial charge in [0.25, 0.3) is 0 Å². The first-order valence-corrected chi connectivity index (χ1v) is 23.2. The fourth-order valence-electron chi connectivity index (χ4n) is 7.64. The summed E-state index contributed by atoms with van der Waals surface area (Å²) < 4.78 is 23.0. The van der Waals surface area contributed by atoms with Crippen LogP contribution in [-0.4, -0.2) is 32.1 Å². The highest BCUT2D eigenvalue weighted by Crippen LogP contribution is 2.36. The zero-order valence-electron chi connectivity index (χ0n) is 40.5. The lowest BCUT2D eigenvalue weighted by Gasteiger charge is -2.16. The third-order valence-corrected chi connectivity index (χ3v) is 11.5. The molecule has 3 N–H and O–H groups in total. The number of rotatable bonds is 16. The van der Waals surface area contributed by atoms with E-state index in [0.29, 0.717) is 60.3 Å². The van der Waals surface area contributed by atoms with Crippen LogP contribution in [0.4, 0.5) is 0 Å². The quantitative estimate of drug-likeness (QED) is 0.0494. The van der Waals surface area contributed by atoms with Crippen LogP contribution in [0.3, 0.4) is 0 Å². The Morgan fingerprint density at radius 3 is 1.46 bits per heavy atom. The van der Waals surface area contributed by atoms with E-state index in [4.69, 9.17) is 40.7 Å². The second-order valence-corrected chi connectivity index (χ2v) is 17.8. The van der Waals surface area contributed by atoms with E-state index < -0.39 is 0 Å². The first-order chi connectivity index (χ1) is 32.7. The van der Waals surface area contributed by atoms with Crippen LogP contribution in [0.1, 0.15) is 126 Å². The lowest BCUT2D eigenvalue weighted by atomic mass is 9.94. The van der Waals surface area contributed by atoms with Gasteiger partial charge in [0.15, 0.2) is 10.9 Å². The zero-order chi connectivity index (χ0) is 49.2. The van der Waals surface area contributed by atoms with Crippen molar-refractivity contribution in [1.29, 1.82) is 0 Å². The smallest absolute Gasteiger partial charge is 0.179 e. The molecule has 0 fully saturated rings. The molecule has 0 unspecified atom stereocenters. The van der Waals surface area contributed by atoms with Crippen molar-refractivity contribution in [3.63, 3.8) is 0 Å². The van der Waals surface area contributed by atoms with Crippen molar-refractivity contribution in [2.45, 2.75) is 106 Å². The van der Waals surface area contributed by atoms with E-state index in [1.165, 1.54) is 28.5 Å². The van der Waals surface area contributed by atoms with Gasteiger partial charge in [-0.2, -0.15) is 0 Å². The lowest BCUT2D eigenvalue weighted by molar-refractivity contribution is 0.229. The van der Waals surface area contributed by atoms with E-state index in [2.05, 4.69) is 83.0 Å². The van der Waals surface area contributed by atoms with Gasteiger partial charge in [0.05, 0.1) is 11.8 Å². The minimum Gasteiger partial charge on any atom is -0.488 e. The minimum absolute atomic E-state index is 0.0324. The summed E-state index contributed by atoms with van der Waals surface area (Å²) in [5, 5.41) is 37.5. The highest BCUT2D eigenvalue weighted by atomic mass is 35.5. The number of aliphatic hydroxyl groups excluding tert-OH is 1. The Kier molecular flexibility index (Phi) is 19.8. The van der Waals surface area contributed by atoms with Gasteiger partial charge in [-0.25, -0.2) is 0 Å². The van der Waals surface area contributed by atoms with Crippen molar-refractivity contribution < 1.29 is 34.3 Å².